The van der Waals surface area contributed by atoms with Gasteiger partial charge in [-0.15, -0.1) is 0 Å². The number of benzene rings is 2. The molecule has 0 saturated carbocycles. The minimum atomic E-state index is -3.50. The summed E-state index contributed by atoms with van der Waals surface area (Å²) in [5.41, 5.74) is 1.03. The lowest BCUT2D eigenvalue weighted by molar-refractivity contribution is 0.100. The summed E-state index contributed by atoms with van der Waals surface area (Å²) < 4.78 is 38.7. The topological polar surface area (TPSA) is 64.6 Å². The van der Waals surface area contributed by atoms with E-state index in [1.54, 1.807) is 24.3 Å². The number of para-hydroxylation sites is 1. The lowest BCUT2D eigenvalue weighted by atomic mass is 10.2. The van der Waals surface area contributed by atoms with E-state index >= 15 is 0 Å². The smallest absolute Gasteiger partial charge is 0.240 e. The number of sulfonamides is 1. The van der Waals surface area contributed by atoms with Crippen LogP contribution >= 0.6 is 11.8 Å². The van der Waals surface area contributed by atoms with Crippen LogP contribution in [0.1, 0.15) is 18.4 Å². The Labute approximate surface area is 165 Å². The number of rotatable bonds is 8. The lowest BCUT2D eigenvalue weighted by Crippen LogP contribution is -2.27. The van der Waals surface area contributed by atoms with E-state index in [1.807, 2.05) is 43.0 Å². The molecule has 1 aliphatic rings. The second-order valence-electron chi connectivity index (χ2n) is 6.42. The Hall–Kier alpha value is -1.54. The third kappa shape index (κ3) is 5.97. The molecule has 7 heteroatoms. The van der Waals surface area contributed by atoms with Gasteiger partial charge in [0.05, 0.1) is 4.90 Å². The van der Waals surface area contributed by atoms with Gasteiger partial charge in [0.15, 0.2) is 0 Å². The van der Waals surface area contributed by atoms with Crippen LogP contribution in [-0.2, 0) is 14.8 Å². The van der Waals surface area contributed by atoms with Crippen molar-refractivity contribution >= 4 is 21.8 Å². The second kappa shape index (κ2) is 9.59. The maximum Gasteiger partial charge on any atom is 0.240 e. The van der Waals surface area contributed by atoms with Crippen molar-refractivity contribution in [1.29, 1.82) is 0 Å². The third-order valence-electron chi connectivity index (χ3n) is 4.37. The van der Waals surface area contributed by atoms with E-state index in [9.17, 15) is 8.42 Å². The van der Waals surface area contributed by atoms with Crippen LogP contribution in [0, 0.1) is 6.92 Å². The van der Waals surface area contributed by atoms with Crippen molar-refractivity contribution in [2.24, 2.45) is 0 Å². The highest BCUT2D eigenvalue weighted by Gasteiger charge is 2.16. The molecule has 0 atom stereocenters. The summed E-state index contributed by atoms with van der Waals surface area (Å²) in [6.07, 6.45) is 2.08. The van der Waals surface area contributed by atoms with Crippen LogP contribution in [-0.4, -0.2) is 39.2 Å². The molecule has 2 aromatic carbocycles. The molecular weight excluding hydrogens is 382 g/mol. The molecule has 0 aromatic heterocycles. The van der Waals surface area contributed by atoms with E-state index in [1.165, 1.54) is 0 Å². The highest BCUT2D eigenvalue weighted by molar-refractivity contribution is 8.00. The van der Waals surface area contributed by atoms with Crippen LogP contribution in [0.15, 0.2) is 53.4 Å². The van der Waals surface area contributed by atoms with Gasteiger partial charge in [-0.3, -0.25) is 0 Å². The highest BCUT2D eigenvalue weighted by atomic mass is 32.2. The molecule has 3 rings (SSSR count). The average molecular weight is 408 g/mol. The average Bonchev–Trinajstić information content (AvgIpc) is 2.68. The molecular formula is C20H25NO4S2. The summed E-state index contributed by atoms with van der Waals surface area (Å²) in [6, 6.07) is 14.2. The Morgan fingerprint density at radius 1 is 1.11 bits per heavy atom. The van der Waals surface area contributed by atoms with Crippen molar-refractivity contribution in [1.82, 2.24) is 4.72 Å². The zero-order chi connectivity index (χ0) is 19.1. The van der Waals surface area contributed by atoms with Gasteiger partial charge in [0, 0.05) is 30.8 Å². The largest absolute Gasteiger partial charge is 0.457 e. The molecule has 0 unspecified atom stereocenters. The van der Waals surface area contributed by atoms with Crippen LogP contribution in [0.4, 0.5) is 0 Å². The summed E-state index contributed by atoms with van der Waals surface area (Å²) in [5, 5.41) is 0.570. The van der Waals surface area contributed by atoms with Crippen molar-refractivity contribution in [3.63, 3.8) is 0 Å². The Balaban J connectivity index is 1.51. The Kier molecular flexibility index (Phi) is 7.18. The van der Waals surface area contributed by atoms with Crippen LogP contribution in [0.2, 0.25) is 0 Å². The van der Waals surface area contributed by atoms with Gasteiger partial charge in [-0.1, -0.05) is 18.2 Å². The van der Waals surface area contributed by atoms with E-state index in [0.717, 1.165) is 43.1 Å². The fourth-order valence-electron chi connectivity index (χ4n) is 2.81. The Morgan fingerprint density at radius 3 is 2.52 bits per heavy atom. The molecule has 0 bridgehead atoms. The van der Waals surface area contributed by atoms with Gasteiger partial charge in [0.1, 0.15) is 11.5 Å². The SMILES string of the molecule is Cc1ccccc1Oc1ccc(S(=O)(=O)NCCSC2CCOCC2)cc1. The third-order valence-corrected chi connectivity index (χ3v) is 7.23. The first kappa shape index (κ1) is 20.2. The lowest BCUT2D eigenvalue weighted by Gasteiger charge is -2.21. The van der Waals surface area contributed by atoms with E-state index in [0.29, 0.717) is 17.5 Å². The van der Waals surface area contributed by atoms with Crippen LogP contribution in [0.5, 0.6) is 11.5 Å². The molecule has 146 valence electrons. The number of thioether (sulfide) groups is 1. The fraction of sp³-hybridized carbons (Fsp3) is 0.400. The van der Waals surface area contributed by atoms with E-state index in [-0.39, 0.29) is 4.90 Å². The summed E-state index contributed by atoms with van der Waals surface area (Å²) in [7, 11) is -3.50. The van der Waals surface area contributed by atoms with Gasteiger partial charge in [-0.05, 0) is 55.7 Å². The van der Waals surface area contributed by atoms with Gasteiger partial charge < -0.3 is 9.47 Å². The first-order valence-corrected chi connectivity index (χ1v) is 11.6. The summed E-state index contributed by atoms with van der Waals surface area (Å²) >= 11 is 1.81. The number of hydrogen-bond acceptors (Lipinski definition) is 5. The Bertz CT molecular complexity index is 831. The van der Waals surface area contributed by atoms with Gasteiger partial charge >= 0.3 is 0 Å². The molecule has 1 heterocycles. The van der Waals surface area contributed by atoms with Gasteiger partial charge in [-0.2, -0.15) is 11.8 Å². The standard InChI is InChI=1S/C20H25NO4S2/c1-16-4-2-3-5-20(16)25-17-6-8-19(9-7-17)27(22,23)21-12-15-26-18-10-13-24-14-11-18/h2-9,18,21H,10-15H2,1H3. The predicted octanol–water partition coefficient (Wildman–Crippen LogP) is 3.98. The van der Waals surface area contributed by atoms with Gasteiger partial charge in [0.25, 0.3) is 0 Å². The Morgan fingerprint density at radius 2 is 1.81 bits per heavy atom. The molecule has 0 aliphatic carbocycles. The number of aryl methyl sites for hydroxylation is 1. The maximum absolute atomic E-state index is 12.4. The van der Waals surface area contributed by atoms with Crippen molar-refractivity contribution in [2.45, 2.75) is 29.9 Å². The number of ether oxygens (including phenoxy) is 2. The molecule has 2 aromatic rings. The predicted molar refractivity (Wildman–Crippen MR) is 109 cm³/mol. The molecule has 0 amide bonds. The summed E-state index contributed by atoms with van der Waals surface area (Å²) in [4.78, 5) is 0.246. The number of hydrogen-bond donors (Lipinski definition) is 1. The zero-order valence-electron chi connectivity index (χ0n) is 15.4. The van der Waals surface area contributed by atoms with Crippen molar-refractivity contribution in [3.8, 4) is 11.5 Å². The first-order chi connectivity index (χ1) is 13.0. The van der Waals surface area contributed by atoms with Crippen LogP contribution < -0.4 is 9.46 Å². The molecule has 0 spiro atoms. The van der Waals surface area contributed by atoms with Crippen molar-refractivity contribution < 1.29 is 17.9 Å². The molecule has 27 heavy (non-hydrogen) atoms. The minimum absolute atomic E-state index is 0.246. The van der Waals surface area contributed by atoms with Crippen LogP contribution in [0.3, 0.4) is 0 Å². The van der Waals surface area contributed by atoms with E-state index in [2.05, 4.69) is 4.72 Å². The van der Waals surface area contributed by atoms with Crippen molar-refractivity contribution in [2.75, 3.05) is 25.5 Å². The zero-order valence-corrected chi connectivity index (χ0v) is 17.0. The van der Waals surface area contributed by atoms with E-state index in [4.69, 9.17) is 9.47 Å². The summed E-state index contributed by atoms with van der Waals surface area (Å²) in [6.45, 7) is 4.00. The first-order valence-electron chi connectivity index (χ1n) is 9.07. The maximum atomic E-state index is 12.4. The minimum Gasteiger partial charge on any atom is -0.457 e. The summed E-state index contributed by atoms with van der Waals surface area (Å²) in [5.74, 6) is 2.13. The van der Waals surface area contributed by atoms with E-state index < -0.39 is 10.0 Å². The molecule has 1 aliphatic heterocycles. The molecule has 1 fully saturated rings. The highest BCUT2D eigenvalue weighted by Crippen LogP contribution is 2.26. The molecule has 0 radical (unpaired) electrons. The second-order valence-corrected chi connectivity index (χ2v) is 9.59. The fourth-order valence-corrected chi connectivity index (χ4v) is 5.05. The number of nitrogens with one attached hydrogen (secondary N) is 1. The molecule has 1 N–H and O–H groups in total. The quantitative estimate of drug-likeness (QED) is 0.671. The van der Waals surface area contributed by atoms with Crippen LogP contribution in [0.25, 0.3) is 0 Å². The monoisotopic (exact) mass is 407 g/mol. The molecule has 5 nitrogen and oxygen atoms in total. The molecule has 1 saturated heterocycles. The normalized spacial score (nSPS) is 15.6. The van der Waals surface area contributed by atoms with Gasteiger partial charge in [0.2, 0.25) is 10.0 Å². The van der Waals surface area contributed by atoms with Gasteiger partial charge in [-0.25, -0.2) is 13.1 Å². The van der Waals surface area contributed by atoms with Crippen molar-refractivity contribution in [3.05, 3.63) is 54.1 Å².